The molecule has 2 aliphatic carbocycles. The zero-order chi connectivity index (χ0) is 23.9. The number of hydrogen-bond donors (Lipinski definition) is 0. The van der Waals surface area contributed by atoms with Crippen LogP contribution >= 0.6 is 0 Å². The molecule has 0 aromatic heterocycles. The molecule has 3 fully saturated rings. The Balaban J connectivity index is 1.26. The van der Waals surface area contributed by atoms with Crippen LogP contribution in [0, 0.1) is 23.6 Å². The van der Waals surface area contributed by atoms with Crippen LogP contribution in [0.25, 0.3) is 0 Å². The number of alkyl halides is 1. The molecule has 0 bridgehead atoms. The first-order valence-electron chi connectivity index (χ1n) is 13.5. The van der Waals surface area contributed by atoms with Crippen LogP contribution in [0.4, 0.5) is 13.2 Å². The lowest BCUT2D eigenvalue weighted by Gasteiger charge is -2.38. The van der Waals surface area contributed by atoms with Crippen molar-refractivity contribution in [2.24, 2.45) is 17.8 Å². The molecular weight excluding hydrogens is 433 g/mol. The first-order valence-corrected chi connectivity index (χ1v) is 13.5. The van der Waals surface area contributed by atoms with Crippen molar-refractivity contribution >= 4 is 0 Å². The fourth-order valence-electron chi connectivity index (χ4n) is 6.65. The lowest BCUT2D eigenvalue weighted by Crippen LogP contribution is -2.34. The van der Waals surface area contributed by atoms with Gasteiger partial charge in [0, 0.05) is 12.5 Å². The van der Waals surface area contributed by atoms with Crippen molar-refractivity contribution in [3.8, 4) is 0 Å². The molecule has 0 N–H and O–H groups in total. The molecule has 2 atom stereocenters. The summed E-state index contributed by atoms with van der Waals surface area (Å²) in [4.78, 5) is 0. The zero-order valence-electron chi connectivity index (χ0n) is 20.5. The maximum Gasteiger partial charge on any atom is 0.126 e. The molecule has 1 aromatic carbocycles. The maximum atomic E-state index is 15.1. The average molecular weight is 475 g/mol. The molecular formula is C30H41F3O. The summed E-state index contributed by atoms with van der Waals surface area (Å²) in [5, 5.41) is 0. The third-order valence-corrected chi connectivity index (χ3v) is 8.81. The maximum absolute atomic E-state index is 15.1. The third-order valence-electron chi connectivity index (χ3n) is 8.81. The second-order valence-corrected chi connectivity index (χ2v) is 10.9. The predicted molar refractivity (Wildman–Crippen MR) is 133 cm³/mol. The van der Waals surface area contributed by atoms with Crippen molar-refractivity contribution in [3.63, 3.8) is 0 Å². The van der Waals surface area contributed by atoms with Gasteiger partial charge in [0.25, 0.3) is 0 Å². The number of ether oxygens (including phenoxy) is 1. The lowest BCUT2D eigenvalue weighted by molar-refractivity contribution is -0.0573. The number of rotatable bonds is 8. The summed E-state index contributed by atoms with van der Waals surface area (Å²) < 4.78 is 47.6. The Morgan fingerprint density at radius 3 is 2.32 bits per heavy atom. The van der Waals surface area contributed by atoms with E-state index in [9.17, 15) is 8.78 Å². The van der Waals surface area contributed by atoms with E-state index in [1.165, 1.54) is 19.3 Å². The van der Waals surface area contributed by atoms with E-state index in [0.29, 0.717) is 36.7 Å². The Morgan fingerprint density at radius 1 is 0.971 bits per heavy atom. The van der Waals surface area contributed by atoms with Gasteiger partial charge in [-0.1, -0.05) is 18.2 Å². The molecule has 3 aliphatic rings. The highest BCUT2D eigenvalue weighted by Crippen LogP contribution is 2.43. The molecule has 4 rings (SSSR count). The van der Waals surface area contributed by atoms with E-state index in [1.54, 1.807) is 6.07 Å². The molecule has 4 heteroatoms. The van der Waals surface area contributed by atoms with Gasteiger partial charge in [-0.25, -0.2) is 13.2 Å². The molecule has 1 heterocycles. The molecule has 34 heavy (non-hydrogen) atoms. The van der Waals surface area contributed by atoms with Gasteiger partial charge in [-0.2, -0.15) is 0 Å². The van der Waals surface area contributed by atoms with Gasteiger partial charge in [0.05, 0.1) is 6.10 Å². The Hall–Kier alpha value is -1.55. The standard InChI is InChI=1S/C30H41F3O/c1-2-3-4-21-5-16-30(34-20-21)25-12-6-22(7-13-25)26-14-15-27(29(33)19-26)23-8-10-24(11-9-23)28(32)17-18-31/h2,14-15,17,19,21-25,30H,1,3-13,16,18,20H2/b28-17-. The van der Waals surface area contributed by atoms with Gasteiger partial charge in [-0.15, -0.1) is 6.58 Å². The number of allylic oxidation sites excluding steroid dienone is 3. The Morgan fingerprint density at radius 2 is 1.71 bits per heavy atom. The van der Waals surface area contributed by atoms with Gasteiger partial charge in [-0.3, -0.25) is 0 Å². The quantitative estimate of drug-likeness (QED) is 0.342. The van der Waals surface area contributed by atoms with Gasteiger partial charge in [0.1, 0.15) is 18.3 Å². The zero-order valence-corrected chi connectivity index (χ0v) is 20.5. The molecule has 1 nitrogen and oxygen atoms in total. The fourth-order valence-corrected chi connectivity index (χ4v) is 6.65. The van der Waals surface area contributed by atoms with Gasteiger partial charge >= 0.3 is 0 Å². The molecule has 1 saturated heterocycles. The van der Waals surface area contributed by atoms with E-state index in [-0.39, 0.29) is 23.5 Å². The van der Waals surface area contributed by atoms with Crippen molar-refractivity contribution in [1.29, 1.82) is 0 Å². The lowest BCUT2D eigenvalue weighted by atomic mass is 9.74. The van der Waals surface area contributed by atoms with Crippen LogP contribution in [0.15, 0.2) is 42.8 Å². The number of hydrogen-bond acceptors (Lipinski definition) is 1. The summed E-state index contributed by atoms with van der Waals surface area (Å²) in [6, 6.07) is 5.86. The van der Waals surface area contributed by atoms with E-state index in [4.69, 9.17) is 4.74 Å². The highest BCUT2D eigenvalue weighted by molar-refractivity contribution is 5.30. The van der Waals surface area contributed by atoms with Crippen molar-refractivity contribution < 1.29 is 17.9 Å². The number of benzene rings is 1. The summed E-state index contributed by atoms with van der Waals surface area (Å²) in [5.74, 6) is 1.26. The van der Waals surface area contributed by atoms with Crippen LogP contribution < -0.4 is 0 Å². The Bertz CT molecular complexity index is 810. The molecule has 0 amide bonds. The minimum atomic E-state index is -0.756. The second-order valence-electron chi connectivity index (χ2n) is 10.9. The largest absolute Gasteiger partial charge is 0.378 e. The number of halogens is 3. The molecule has 2 unspecified atom stereocenters. The highest BCUT2D eigenvalue weighted by Gasteiger charge is 2.32. The van der Waals surface area contributed by atoms with Crippen molar-refractivity contribution in [3.05, 3.63) is 59.7 Å². The summed E-state index contributed by atoms with van der Waals surface area (Å²) in [6.45, 7) is 3.96. The topological polar surface area (TPSA) is 9.23 Å². The van der Waals surface area contributed by atoms with Crippen molar-refractivity contribution in [2.45, 2.75) is 95.0 Å². The monoisotopic (exact) mass is 474 g/mol. The minimum Gasteiger partial charge on any atom is -0.378 e. The summed E-state index contributed by atoms with van der Waals surface area (Å²) >= 11 is 0. The van der Waals surface area contributed by atoms with Gasteiger partial charge < -0.3 is 4.74 Å². The summed E-state index contributed by atoms with van der Waals surface area (Å²) in [5.41, 5.74) is 1.90. The smallest absolute Gasteiger partial charge is 0.126 e. The molecule has 188 valence electrons. The summed E-state index contributed by atoms with van der Waals surface area (Å²) in [7, 11) is 0. The summed E-state index contributed by atoms with van der Waals surface area (Å²) in [6.07, 6.45) is 15.5. The van der Waals surface area contributed by atoms with Crippen LogP contribution in [0.3, 0.4) is 0 Å². The molecule has 1 aliphatic heterocycles. The molecule has 0 spiro atoms. The van der Waals surface area contributed by atoms with Crippen molar-refractivity contribution in [1.82, 2.24) is 0 Å². The fraction of sp³-hybridized carbons (Fsp3) is 0.667. The van der Waals surface area contributed by atoms with Gasteiger partial charge in [0.2, 0.25) is 0 Å². The van der Waals surface area contributed by atoms with E-state index < -0.39 is 6.67 Å². The SMILES string of the molecule is C=CCCC1CCC(C2CCC(c3ccc(C4CCC(/C(F)=C/CF)CC4)c(F)c3)CC2)OC1. The molecule has 0 radical (unpaired) electrons. The predicted octanol–water partition coefficient (Wildman–Crippen LogP) is 8.96. The van der Waals surface area contributed by atoms with Gasteiger partial charge in [-0.05, 0) is 124 Å². The Labute approximate surface area is 203 Å². The normalized spacial score (nSPS) is 33.0. The van der Waals surface area contributed by atoms with Crippen LogP contribution in [-0.4, -0.2) is 19.4 Å². The third kappa shape index (κ3) is 6.36. The van der Waals surface area contributed by atoms with Gasteiger partial charge in [0.15, 0.2) is 0 Å². The van der Waals surface area contributed by atoms with E-state index >= 15 is 4.39 Å². The van der Waals surface area contributed by atoms with Crippen LogP contribution in [0.1, 0.15) is 100 Å². The highest BCUT2D eigenvalue weighted by atomic mass is 19.1. The van der Waals surface area contributed by atoms with E-state index in [0.717, 1.165) is 68.8 Å². The van der Waals surface area contributed by atoms with Crippen LogP contribution in [0.5, 0.6) is 0 Å². The first-order chi connectivity index (χ1) is 16.6. The second kappa shape index (κ2) is 12.4. The van der Waals surface area contributed by atoms with E-state index in [2.05, 4.69) is 12.6 Å². The van der Waals surface area contributed by atoms with Crippen LogP contribution in [-0.2, 0) is 4.74 Å². The Kier molecular flexibility index (Phi) is 9.33. The van der Waals surface area contributed by atoms with E-state index in [1.807, 2.05) is 12.1 Å². The molecule has 2 saturated carbocycles. The molecule has 1 aromatic rings. The first kappa shape index (κ1) is 25.5. The van der Waals surface area contributed by atoms with Crippen LogP contribution in [0.2, 0.25) is 0 Å². The van der Waals surface area contributed by atoms with Crippen molar-refractivity contribution in [2.75, 3.05) is 13.3 Å². The average Bonchev–Trinajstić information content (AvgIpc) is 2.88. The minimum absolute atomic E-state index is 0.107.